The normalized spacial score (nSPS) is 14.8. The predicted octanol–water partition coefficient (Wildman–Crippen LogP) is 1.31. The zero-order valence-corrected chi connectivity index (χ0v) is 17.2. The number of likely N-dealkylation sites (N-methyl/N-ethyl adjacent to an activating group) is 1. The number of sulfonamides is 1. The topological polar surface area (TPSA) is 136 Å². The van der Waals surface area contributed by atoms with Crippen molar-refractivity contribution in [3.63, 3.8) is 0 Å². The summed E-state index contributed by atoms with van der Waals surface area (Å²) in [6.07, 6.45) is 0.505. The van der Waals surface area contributed by atoms with Crippen molar-refractivity contribution >= 4 is 27.6 Å². The van der Waals surface area contributed by atoms with Crippen LogP contribution in [0.5, 0.6) is 0 Å². The SMILES string of the molecule is CC[C@H](C)[C@@H](C(=O)N[C@@H](C)C(=O)OC)N(C)S(=O)(=O)c1ccc([N+](=O)[O-])cc1. The number of methoxy groups -OCH3 is 1. The first-order chi connectivity index (χ1) is 13.0. The lowest BCUT2D eigenvalue weighted by atomic mass is 9.98. The zero-order valence-electron chi connectivity index (χ0n) is 16.4. The number of ether oxygens (including phenoxy) is 1. The largest absolute Gasteiger partial charge is 0.467 e. The first-order valence-corrected chi connectivity index (χ1v) is 10.0. The summed E-state index contributed by atoms with van der Waals surface area (Å²) >= 11 is 0. The van der Waals surface area contributed by atoms with Gasteiger partial charge >= 0.3 is 5.97 Å². The molecule has 0 spiro atoms. The third kappa shape index (κ3) is 5.26. The number of esters is 1. The molecule has 0 unspecified atom stereocenters. The third-order valence-electron chi connectivity index (χ3n) is 4.48. The van der Waals surface area contributed by atoms with Crippen LogP contribution in [-0.4, -0.2) is 55.8 Å². The van der Waals surface area contributed by atoms with Crippen molar-refractivity contribution in [2.45, 2.75) is 44.2 Å². The zero-order chi connectivity index (χ0) is 21.6. The van der Waals surface area contributed by atoms with Crippen LogP contribution < -0.4 is 5.32 Å². The molecule has 0 radical (unpaired) electrons. The van der Waals surface area contributed by atoms with E-state index in [4.69, 9.17) is 0 Å². The Morgan fingerprint density at radius 2 is 1.79 bits per heavy atom. The number of nitro benzene ring substituents is 1. The van der Waals surface area contributed by atoms with Crippen LogP contribution in [0, 0.1) is 16.0 Å². The molecule has 1 rings (SSSR count). The Balaban J connectivity index is 3.20. The van der Waals surface area contributed by atoms with E-state index in [2.05, 4.69) is 10.1 Å². The number of nitro groups is 1. The average Bonchev–Trinajstić information content (AvgIpc) is 2.66. The van der Waals surface area contributed by atoms with E-state index in [0.717, 1.165) is 28.6 Å². The number of nitrogens with one attached hydrogen (secondary N) is 1. The maximum Gasteiger partial charge on any atom is 0.328 e. The van der Waals surface area contributed by atoms with Crippen molar-refractivity contribution in [3.8, 4) is 0 Å². The van der Waals surface area contributed by atoms with Gasteiger partial charge in [0.1, 0.15) is 12.1 Å². The van der Waals surface area contributed by atoms with E-state index in [-0.39, 0.29) is 16.5 Å². The lowest BCUT2D eigenvalue weighted by Gasteiger charge is -2.31. The van der Waals surface area contributed by atoms with Crippen LogP contribution in [0.4, 0.5) is 5.69 Å². The predicted molar refractivity (Wildman–Crippen MR) is 101 cm³/mol. The molecule has 3 atom stereocenters. The minimum Gasteiger partial charge on any atom is -0.467 e. The van der Waals surface area contributed by atoms with Gasteiger partial charge in [0.25, 0.3) is 5.69 Å². The minimum atomic E-state index is -4.11. The number of hydrogen-bond donors (Lipinski definition) is 1. The van der Waals surface area contributed by atoms with Gasteiger partial charge in [0.2, 0.25) is 15.9 Å². The molecule has 0 aliphatic heterocycles. The van der Waals surface area contributed by atoms with Gasteiger partial charge in [-0.2, -0.15) is 4.31 Å². The molecule has 0 aromatic heterocycles. The second-order valence-corrected chi connectivity index (χ2v) is 8.35. The van der Waals surface area contributed by atoms with Crippen LogP contribution in [-0.2, 0) is 24.3 Å². The maximum absolute atomic E-state index is 12.9. The Hall–Kier alpha value is -2.53. The molecule has 0 bridgehead atoms. The molecule has 0 saturated carbocycles. The number of hydrogen-bond acceptors (Lipinski definition) is 7. The minimum absolute atomic E-state index is 0.178. The lowest BCUT2D eigenvalue weighted by molar-refractivity contribution is -0.384. The smallest absolute Gasteiger partial charge is 0.328 e. The first kappa shape index (κ1) is 23.5. The van der Waals surface area contributed by atoms with Gasteiger partial charge in [-0.05, 0) is 25.0 Å². The molecule has 0 fully saturated rings. The average molecular weight is 415 g/mol. The summed E-state index contributed by atoms with van der Waals surface area (Å²) in [7, 11) is -1.67. The van der Waals surface area contributed by atoms with Gasteiger partial charge in [0.05, 0.1) is 16.9 Å². The number of rotatable bonds is 9. The summed E-state index contributed by atoms with van der Waals surface area (Å²) in [6.45, 7) is 4.96. The number of amides is 1. The second-order valence-electron chi connectivity index (χ2n) is 6.36. The van der Waals surface area contributed by atoms with Crippen LogP contribution in [0.2, 0.25) is 0 Å². The highest BCUT2D eigenvalue weighted by Crippen LogP contribution is 2.24. The molecular weight excluding hydrogens is 390 g/mol. The van der Waals surface area contributed by atoms with E-state index in [1.54, 1.807) is 13.8 Å². The molecule has 0 aliphatic rings. The van der Waals surface area contributed by atoms with E-state index >= 15 is 0 Å². The van der Waals surface area contributed by atoms with E-state index in [9.17, 15) is 28.1 Å². The fourth-order valence-electron chi connectivity index (χ4n) is 2.60. The van der Waals surface area contributed by atoms with E-state index in [0.29, 0.717) is 6.42 Å². The molecule has 0 heterocycles. The molecule has 1 amide bonds. The quantitative estimate of drug-likeness (QED) is 0.365. The summed E-state index contributed by atoms with van der Waals surface area (Å²) < 4.78 is 31.4. The Morgan fingerprint density at radius 1 is 1.25 bits per heavy atom. The van der Waals surface area contributed by atoms with Gasteiger partial charge in [-0.25, -0.2) is 13.2 Å². The van der Waals surface area contributed by atoms with Gasteiger partial charge in [-0.3, -0.25) is 14.9 Å². The number of carbonyl (C=O) groups excluding carboxylic acids is 2. The Labute approximate surface area is 164 Å². The monoisotopic (exact) mass is 415 g/mol. The maximum atomic E-state index is 12.9. The number of benzene rings is 1. The summed E-state index contributed by atoms with van der Waals surface area (Å²) in [5.41, 5.74) is -0.246. The summed E-state index contributed by atoms with van der Waals surface area (Å²) in [6, 6.07) is 2.37. The molecule has 1 N–H and O–H groups in total. The van der Waals surface area contributed by atoms with Crippen LogP contribution in [0.15, 0.2) is 29.2 Å². The summed E-state index contributed by atoms with van der Waals surface area (Å²) in [5, 5.41) is 13.2. The van der Waals surface area contributed by atoms with E-state index < -0.39 is 38.9 Å². The highest BCUT2D eigenvalue weighted by atomic mass is 32.2. The lowest BCUT2D eigenvalue weighted by Crippen LogP contribution is -2.54. The van der Waals surface area contributed by atoms with Gasteiger partial charge in [-0.1, -0.05) is 20.3 Å². The highest BCUT2D eigenvalue weighted by molar-refractivity contribution is 7.89. The van der Waals surface area contributed by atoms with Crippen molar-refractivity contribution < 1.29 is 27.7 Å². The van der Waals surface area contributed by atoms with E-state index in [1.165, 1.54) is 21.1 Å². The van der Waals surface area contributed by atoms with Crippen molar-refractivity contribution in [1.29, 1.82) is 0 Å². The molecule has 1 aromatic rings. The van der Waals surface area contributed by atoms with E-state index in [1.807, 2.05) is 0 Å². The molecular formula is C17H25N3O7S. The van der Waals surface area contributed by atoms with Crippen LogP contribution in [0.1, 0.15) is 27.2 Å². The molecule has 11 heteroatoms. The molecule has 10 nitrogen and oxygen atoms in total. The fourth-order valence-corrected chi connectivity index (χ4v) is 4.01. The second kappa shape index (κ2) is 9.60. The van der Waals surface area contributed by atoms with Crippen molar-refractivity contribution in [3.05, 3.63) is 34.4 Å². The van der Waals surface area contributed by atoms with Crippen molar-refractivity contribution in [2.75, 3.05) is 14.2 Å². The highest BCUT2D eigenvalue weighted by Gasteiger charge is 2.37. The molecule has 1 aromatic carbocycles. The summed E-state index contributed by atoms with van der Waals surface area (Å²) in [4.78, 5) is 34.2. The first-order valence-electron chi connectivity index (χ1n) is 8.58. The third-order valence-corrected chi connectivity index (χ3v) is 6.33. The molecule has 28 heavy (non-hydrogen) atoms. The molecule has 0 aliphatic carbocycles. The number of nitrogens with zero attached hydrogens (tertiary/aromatic N) is 2. The standard InChI is InChI=1S/C17H25N3O7S/c1-6-11(2)15(16(21)18-12(3)17(22)27-5)19(4)28(25,26)14-9-7-13(8-10-14)20(23)24/h7-12,15H,6H2,1-5H3,(H,18,21)/t11-,12-,15-/m0/s1. The van der Waals surface area contributed by atoms with Gasteiger partial charge in [-0.15, -0.1) is 0 Å². The molecule has 0 saturated heterocycles. The van der Waals surface area contributed by atoms with Crippen LogP contribution >= 0.6 is 0 Å². The van der Waals surface area contributed by atoms with Crippen molar-refractivity contribution in [2.24, 2.45) is 5.92 Å². The molecule has 156 valence electrons. The summed E-state index contributed by atoms with van der Waals surface area (Å²) in [5.74, 6) is -1.65. The van der Waals surface area contributed by atoms with Crippen LogP contribution in [0.3, 0.4) is 0 Å². The number of non-ortho nitro benzene ring substituents is 1. The van der Waals surface area contributed by atoms with Crippen LogP contribution in [0.25, 0.3) is 0 Å². The van der Waals surface area contributed by atoms with Gasteiger partial charge in [0, 0.05) is 19.2 Å². The Morgan fingerprint density at radius 3 is 2.21 bits per heavy atom. The van der Waals surface area contributed by atoms with Crippen molar-refractivity contribution in [1.82, 2.24) is 9.62 Å². The Bertz CT molecular complexity index is 824. The van der Waals surface area contributed by atoms with Gasteiger partial charge in [0.15, 0.2) is 0 Å². The van der Waals surface area contributed by atoms with Gasteiger partial charge < -0.3 is 10.1 Å². The fraction of sp³-hybridized carbons (Fsp3) is 0.529. The number of carbonyl (C=O) groups is 2. The Kier molecular flexibility index (Phi) is 8.06.